The number of nitrogens with one attached hydrogen (secondary N) is 1. The summed E-state index contributed by atoms with van der Waals surface area (Å²) in [5, 5.41) is 4.15. The molecule has 0 aliphatic rings. The van der Waals surface area contributed by atoms with Gasteiger partial charge in [0.2, 0.25) is 0 Å². The smallest absolute Gasteiger partial charge is 0.271 e. The van der Waals surface area contributed by atoms with E-state index in [1.807, 2.05) is 37.4 Å². The molecule has 0 unspecified atom stereocenters. The lowest BCUT2D eigenvalue weighted by atomic mass is 10.2. The maximum atomic E-state index is 12.3. The summed E-state index contributed by atoms with van der Waals surface area (Å²) in [5.74, 6) is 0. The van der Waals surface area contributed by atoms with Gasteiger partial charge in [0.05, 0.1) is 6.54 Å². The highest BCUT2D eigenvalue weighted by molar-refractivity contribution is 7.94. The van der Waals surface area contributed by atoms with Gasteiger partial charge in [0.15, 0.2) is 0 Å². The molecule has 0 saturated heterocycles. The van der Waals surface area contributed by atoms with Crippen molar-refractivity contribution < 1.29 is 8.42 Å². The van der Waals surface area contributed by atoms with Crippen LogP contribution in [0.4, 0.5) is 5.69 Å². The third-order valence-electron chi connectivity index (χ3n) is 3.06. The maximum absolute atomic E-state index is 12.3. The molecule has 3 rings (SSSR count). The Kier molecular flexibility index (Phi) is 4.00. The molecule has 114 valence electrons. The fourth-order valence-electron chi connectivity index (χ4n) is 2.08. The molecule has 0 bridgehead atoms. The van der Waals surface area contributed by atoms with E-state index in [1.54, 1.807) is 29.1 Å². The van der Waals surface area contributed by atoms with Crippen LogP contribution in [0.1, 0.15) is 10.4 Å². The van der Waals surface area contributed by atoms with Gasteiger partial charge >= 0.3 is 0 Å². The summed E-state index contributed by atoms with van der Waals surface area (Å²) in [6.07, 6.45) is 3.58. The highest BCUT2D eigenvalue weighted by Gasteiger charge is 2.16. The van der Waals surface area contributed by atoms with Crippen molar-refractivity contribution in [1.29, 1.82) is 0 Å². The van der Waals surface area contributed by atoms with Crippen LogP contribution in [0.2, 0.25) is 0 Å². The van der Waals surface area contributed by atoms with Gasteiger partial charge in [-0.15, -0.1) is 11.3 Å². The summed E-state index contributed by atoms with van der Waals surface area (Å²) in [6.45, 7) is 2.48. The lowest BCUT2D eigenvalue weighted by molar-refractivity contribution is 0.603. The molecule has 22 heavy (non-hydrogen) atoms. The number of hydrogen-bond acceptors (Lipinski definition) is 4. The standard InChI is InChI=1S/C15H15N3O2S2/c1-12-6-7-15(21-12)22(19,20)17-14-5-2-4-13(10-14)11-18-9-3-8-16-18/h2-10,17H,11H2,1H3. The predicted octanol–water partition coefficient (Wildman–Crippen LogP) is 3.10. The van der Waals surface area contributed by atoms with Crippen molar-refractivity contribution in [2.45, 2.75) is 17.7 Å². The van der Waals surface area contributed by atoms with Crippen molar-refractivity contribution in [3.63, 3.8) is 0 Å². The molecule has 0 saturated carbocycles. The Bertz CT molecular complexity index is 868. The van der Waals surface area contributed by atoms with Gasteiger partial charge in [-0.1, -0.05) is 12.1 Å². The second-order valence-corrected chi connectivity index (χ2v) is 8.07. The average molecular weight is 333 g/mol. The summed E-state index contributed by atoms with van der Waals surface area (Å²) in [4.78, 5) is 0.966. The molecule has 1 N–H and O–H groups in total. The first-order chi connectivity index (χ1) is 10.5. The van der Waals surface area contributed by atoms with Crippen molar-refractivity contribution in [2.24, 2.45) is 0 Å². The molecule has 0 spiro atoms. The quantitative estimate of drug-likeness (QED) is 0.780. The fourth-order valence-corrected chi connectivity index (χ4v) is 4.41. The van der Waals surface area contributed by atoms with E-state index < -0.39 is 10.0 Å². The van der Waals surface area contributed by atoms with Crippen LogP contribution in [0.5, 0.6) is 0 Å². The van der Waals surface area contributed by atoms with Crippen LogP contribution in [0.15, 0.2) is 59.1 Å². The van der Waals surface area contributed by atoms with Crippen molar-refractivity contribution >= 4 is 27.0 Å². The molecule has 7 heteroatoms. The normalized spacial score (nSPS) is 11.5. The van der Waals surface area contributed by atoms with E-state index in [2.05, 4.69) is 9.82 Å². The van der Waals surface area contributed by atoms with Crippen LogP contribution < -0.4 is 4.72 Å². The molecule has 5 nitrogen and oxygen atoms in total. The lowest BCUT2D eigenvalue weighted by Gasteiger charge is -2.08. The molecular formula is C15H15N3O2S2. The van der Waals surface area contributed by atoms with Gasteiger partial charge in [0, 0.05) is 23.0 Å². The number of anilines is 1. The minimum absolute atomic E-state index is 0.322. The molecule has 0 atom stereocenters. The number of benzene rings is 1. The van der Waals surface area contributed by atoms with Crippen LogP contribution in [0, 0.1) is 6.92 Å². The predicted molar refractivity (Wildman–Crippen MR) is 87.6 cm³/mol. The highest BCUT2D eigenvalue weighted by Crippen LogP contribution is 2.23. The number of rotatable bonds is 5. The highest BCUT2D eigenvalue weighted by atomic mass is 32.2. The van der Waals surface area contributed by atoms with Gasteiger partial charge in [0.25, 0.3) is 10.0 Å². The average Bonchev–Trinajstić information content (AvgIpc) is 3.10. The number of hydrogen-bond donors (Lipinski definition) is 1. The van der Waals surface area contributed by atoms with Crippen molar-refractivity contribution in [1.82, 2.24) is 9.78 Å². The molecule has 1 aromatic carbocycles. The molecule has 0 radical (unpaired) electrons. The Balaban J connectivity index is 1.80. The molecule has 2 heterocycles. The van der Waals surface area contributed by atoms with Crippen LogP contribution in [-0.4, -0.2) is 18.2 Å². The van der Waals surface area contributed by atoms with E-state index >= 15 is 0 Å². The van der Waals surface area contributed by atoms with Crippen LogP contribution >= 0.6 is 11.3 Å². The third kappa shape index (κ3) is 3.37. The minimum atomic E-state index is -3.53. The summed E-state index contributed by atoms with van der Waals surface area (Å²) in [5.41, 5.74) is 1.53. The summed E-state index contributed by atoms with van der Waals surface area (Å²) in [7, 11) is -3.53. The Hall–Kier alpha value is -2.12. The topological polar surface area (TPSA) is 64.0 Å². The number of aromatic nitrogens is 2. The van der Waals surface area contributed by atoms with E-state index in [4.69, 9.17) is 0 Å². The zero-order chi connectivity index (χ0) is 15.6. The van der Waals surface area contributed by atoms with Gasteiger partial charge in [-0.2, -0.15) is 5.10 Å². The molecule has 0 aliphatic carbocycles. The van der Waals surface area contributed by atoms with E-state index in [0.29, 0.717) is 16.4 Å². The van der Waals surface area contributed by atoms with Gasteiger partial charge in [-0.05, 0) is 42.8 Å². The van der Waals surface area contributed by atoms with E-state index in [0.717, 1.165) is 10.4 Å². The zero-order valence-corrected chi connectivity index (χ0v) is 13.6. The maximum Gasteiger partial charge on any atom is 0.271 e. The molecule has 0 amide bonds. The van der Waals surface area contributed by atoms with Gasteiger partial charge in [-0.25, -0.2) is 8.42 Å². The Morgan fingerprint density at radius 3 is 2.77 bits per heavy atom. The lowest BCUT2D eigenvalue weighted by Crippen LogP contribution is -2.11. The monoisotopic (exact) mass is 333 g/mol. The SMILES string of the molecule is Cc1ccc(S(=O)(=O)Nc2cccc(Cn3cccn3)c2)s1. The molecular weight excluding hydrogens is 318 g/mol. The number of nitrogens with zero attached hydrogens (tertiary/aromatic N) is 2. The second-order valence-electron chi connectivity index (χ2n) is 4.87. The molecule has 0 aliphatic heterocycles. The van der Waals surface area contributed by atoms with Gasteiger partial charge in [0.1, 0.15) is 4.21 Å². The van der Waals surface area contributed by atoms with E-state index in [1.165, 1.54) is 11.3 Å². The van der Waals surface area contributed by atoms with E-state index in [9.17, 15) is 8.42 Å². The number of thiophene rings is 1. The first kappa shape index (κ1) is 14.8. The third-order valence-corrected chi connectivity index (χ3v) is 5.94. The van der Waals surface area contributed by atoms with Crippen LogP contribution in [0.3, 0.4) is 0 Å². The Labute approximate surface area is 133 Å². The fraction of sp³-hybridized carbons (Fsp3) is 0.133. The summed E-state index contributed by atoms with van der Waals surface area (Å²) in [6, 6.07) is 12.6. The second kappa shape index (κ2) is 5.94. The summed E-state index contributed by atoms with van der Waals surface area (Å²) >= 11 is 1.26. The minimum Gasteiger partial charge on any atom is -0.279 e. The molecule has 2 aromatic heterocycles. The Morgan fingerprint density at radius 1 is 1.23 bits per heavy atom. The van der Waals surface area contributed by atoms with Crippen molar-refractivity contribution in [3.05, 3.63) is 65.3 Å². The molecule has 0 fully saturated rings. The largest absolute Gasteiger partial charge is 0.279 e. The van der Waals surface area contributed by atoms with Crippen LogP contribution in [0.25, 0.3) is 0 Å². The van der Waals surface area contributed by atoms with Crippen molar-refractivity contribution in [2.75, 3.05) is 4.72 Å². The van der Waals surface area contributed by atoms with Crippen LogP contribution in [-0.2, 0) is 16.6 Å². The number of aryl methyl sites for hydroxylation is 1. The first-order valence-corrected chi connectivity index (χ1v) is 8.98. The Morgan fingerprint density at radius 2 is 2.09 bits per heavy atom. The van der Waals surface area contributed by atoms with Gasteiger partial charge in [-0.3, -0.25) is 9.40 Å². The van der Waals surface area contributed by atoms with Gasteiger partial charge < -0.3 is 0 Å². The first-order valence-electron chi connectivity index (χ1n) is 6.68. The van der Waals surface area contributed by atoms with Crippen molar-refractivity contribution in [3.8, 4) is 0 Å². The zero-order valence-electron chi connectivity index (χ0n) is 11.9. The summed E-state index contributed by atoms with van der Waals surface area (Å²) < 4.78 is 29.4. The number of sulfonamides is 1. The molecule has 3 aromatic rings. The van der Waals surface area contributed by atoms with E-state index in [-0.39, 0.29) is 0 Å².